The number of furan rings is 1. The van der Waals surface area contributed by atoms with Crippen molar-refractivity contribution in [2.24, 2.45) is 9.98 Å². The minimum atomic E-state index is -2.02. The van der Waals surface area contributed by atoms with E-state index in [1.54, 1.807) is 35.6 Å². The van der Waals surface area contributed by atoms with Crippen molar-refractivity contribution in [3.8, 4) is 5.75 Å². The molecule has 2 aliphatic rings. The number of rotatable bonds is 6. The average Bonchev–Trinajstić information content (AvgIpc) is 3.47. The fourth-order valence-electron chi connectivity index (χ4n) is 4.15. The zero-order chi connectivity index (χ0) is 27.1. The van der Waals surface area contributed by atoms with E-state index in [2.05, 4.69) is 64.0 Å². The number of amides is 1. The van der Waals surface area contributed by atoms with Crippen molar-refractivity contribution in [1.82, 2.24) is 4.90 Å². The van der Waals surface area contributed by atoms with E-state index in [4.69, 9.17) is 13.8 Å². The van der Waals surface area contributed by atoms with Gasteiger partial charge in [-0.25, -0.2) is 9.98 Å². The molecule has 5 rings (SSSR count). The molecule has 0 atom stereocenters. The lowest BCUT2D eigenvalue weighted by molar-refractivity contribution is -0.120. The summed E-state index contributed by atoms with van der Waals surface area (Å²) in [6.07, 6.45) is 5.57. The summed E-state index contributed by atoms with van der Waals surface area (Å²) >= 11 is 0. The predicted octanol–water partition coefficient (Wildman–Crippen LogP) is 7.25. The molecule has 6 nitrogen and oxygen atoms in total. The van der Waals surface area contributed by atoms with Gasteiger partial charge in [-0.05, 0) is 54.9 Å². The number of aliphatic imine (C=N–C) groups is 2. The van der Waals surface area contributed by atoms with E-state index >= 15 is 0 Å². The minimum absolute atomic E-state index is 0.0797. The Labute approximate surface area is 225 Å². The molecule has 1 amide bonds. The molecule has 0 bridgehead atoms. The summed E-state index contributed by atoms with van der Waals surface area (Å²) in [6, 6.07) is 19.9. The van der Waals surface area contributed by atoms with Gasteiger partial charge in [0, 0.05) is 24.3 Å². The topological polar surface area (TPSA) is 67.4 Å². The second-order valence-corrected chi connectivity index (χ2v) is 16.0. The summed E-state index contributed by atoms with van der Waals surface area (Å²) in [5.74, 6) is 1.73. The van der Waals surface area contributed by atoms with Crippen LogP contribution >= 0.6 is 0 Å². The third-order valence-electron chi connectivity index (χ3n) is 7.24. The maximum atomic E-state index is 13.4. The maximum Gasteiger partial charge on any atom is 0.282 e. The van der Waals surface area contributed by atoms with Crippen molar-refractivity contribution in [3.63, 3.8) is 0 Å². The van der Waals surface area contributed by atoms with Gasteiger partial charge in [-0.3, -0.25) is 9.69 Å². The van der Waals surface area contributed by atoms with Gasteiger partial charge in [0.2, 0.25) is 8.32 Å². The highest BCUT2D eigenvalue weighted by Gasteiger charge is 2.39. The number of hydrogen-bond donors (Lipinski definition) is 0. The maximum absolute atomic E-state index is 13.4. The zero-order valence-corrected chi connectivity index (χ0v) is 23.8. The van der Waals surface area contributed by atoms with E-state index in [0.29, 0.717) is 29.4 Å². The lowest BCUT2D eigenvalue weighted by atomic mass is 10.0. The fourth-order valence-corrected chi connectivity index (χ4v) is 5.17. The Hall–Kier alpha value is -3.97. The highest BCUT2D eigenvalue weighted by Crippen LogP contribution is 2.38. The van der Waals surface area contributed by atoms with Crippen LogP contribution in [0.3, 0.4) is 0 Å². The second kappa shape index (κ2) is 9.72. The number of fused-ring (bicyclic) bond motifs is 1. The molecule has 0 aliphatic carbocycles. The first-order valence-electron chi connectivity index (χ1n) is 12.8. The van der Waals surface area contributed by atoms with Crippen molar-refractivity contribution in [3.05, 3.63) is 101 Å². The van der Waals surface area contributed by atoms with Crippen LogP contribution < -0.4 is 4.43 Å². The van der Waals surface area contributed by atoms with E-state index in [-0.39, 0.29) is 10.9 Å². The molecule has 0 saturated carbocycles. The number of aryl methyl sites for hydroxylation is 1. The first-order chi connectivity index (χ1) is 18.0. The number of carbonyl (C=O) groups excluding carboxylic acids is 1. The van der Waals surface area contributed by atoms with Crippen LogP contribution in [0.25, 0.3) is 11.8 Å². The second-order valence-electron chi connectivity index (χ2n) is 11.3. The van der Waals surface area contributed by atoms with Crippen molar-refractivity contribution in [1.29, 1.82) is 0 Å². The molecule has 0 radical (unpaired) electrons. The van der Waals surface area contributed by atoms with Gasteiger partial charge in [0.1, 0.15) is 17.2 Å². The largest absolute Gasteiger partial charge is 0.543 e. The number of amidine groups is 1. The summed E-state index contributed by atoms with van der Waals surface area (Å²) in [5.41, 5.74) is 4.92. The van der Waals surface area contributed by atoms with E-state index < -0.39 is 8.32 Å². The Balaban J connectivity index is 1.54. The summed E-state index contributed by atoms with van der Waals surface area (Å²) < 4.78 is 12.0. The van der Waals surface area contributed by atoms with Crippen molar-refractivity contribution in [2.75, 3.05) is 0 Å². The third-order valence-corrected chi connectivity index (χ3v) is 11.6. The van der Waals surface area contributed by atoms with Gasteiger partial charge in [-0.1, -0.05) is 62.7 Å². The van der Waals surface area contributed by atoms with E-state index in [9.17, 15) is 4.79 Å². The normalized spacial score (nSPS) is 16.8. The molecule has 38 heavy (non-hydrogen) atoms. The molecular weight excluding hydrogens is 490 g/mol. The summed E-state index contributed by atoms with van der Waals surface area (Å²) in [4.78, 5) is 24.8. The van der Waals surface area contributed by atoms with Crippen LogP contribution in [0.4, 0.5) is 0 Å². The lowest BCUT2D eigenvalue weighted by Crippen LogP contribution is -2.43. The highest BCUT2D eigenvalue weighted by atomic mass is 28.4. The molecule has 0 saturated heterocycles. The molecule has 2 aromatic carbocycles. The first-order valence-corrected chi connectivity index (χ1v) is 15.7. The van der Waals surface area contributed by atoms with E-state index in [1.165, 1.54) is 5.56 Å². The van der Waals surface area contributed by atoms with Crippen LogP contribution in [0.15, 0.2) is 93.2 Å². The number of carbonyl (C=O) groups is 1. The third kappa shape index (κ3) is 5.20. The SMILES string of the molecule is Cc1cccc(CC2=NC(c3cccc(O[Si](C)(C)C(C)(C)C)c3)=CN3C(=O)/C(=C/c4ccco4)N=C23)c1. The average molecular weight is 524 g/mol. The van der Waals surface area contributed by atoms with Crippen molar-refractivity contribution in [2.45, 2.75) is 52.2 Å². The van der Waals surface area contributed by atoms with Gasteiger partial charge in [0.15, 0.2) is 5.84 Å². The smallest absolute Gasteiger partial charge is 0.282 e. The lowest BCUT2D eigenvalue weighted by Gasteiger charge is -2.36. The molecule has 1 aromatic heterocycles. The molecule has 0 spiro atoms. The summed E-state index contributed by atoms with van der Waals surface area (Å²) in [6.45, 7) is 13.2. The van der Waals surface area contributed by atoms with Crippen molar-refractivity contribution < 1.29 is 13.6 Å². The van der Waals surface area contributed by atoms with E-state index in [0.717, 1.165) is 22.6 Å². The molecular formula is C31H33N3O3Si. The van der Waals surface area contributed by atoms with Crippen LogP contribution in [-0.4, -0.2) is 30.7 Å². The van der Waals surface area contributed by atoms with Crippen LogP contribution in [0.1, 0.15) is 43.2 Å². The molecule has 7 heteroatoms. The molecule has 3 aromatic rings. The Morgan fingerprint density at radius 1 is 1.03 bits per heavy atom. The quantitative estimate of drug-likeness (QED) is 0.252. The number of nitrogens with zero attached hydrogens (tertiary/aromatic N) is 3. The molecule has 0 N–H and O–H groups in total. The predicted molar refractivity (Wildman–Crippen MR) is 156 cm³/mol. The molecule has 0 fully saturated rings. The van der Waals surface area contributed by atoms with Gasteiger partial charge in [-0.15, -0.1) is 0 Å². The standard InChI is InChI=1S/C31H33N3O3Si/c1-21-10-7-11-22(16-21)17-26-29-33-27(19-24-14-9-15-36-24)30(35)34(29)20-28(32-26)23-12-8-13-25(18-23)37-38(5,6)31(2,3)4/h7-16,18-20H,17H2,1-6H3/b27-19-. The molecule has 194 valence electrons. The van der Waals surface area contributed by atoms with Gasteiger partial charge < -0.3 is 8.84 Å². The minimum Gasteiger partial charge on any atom is -0.543 e. The first kappa shape index (κ1) is 25.7. The number of hydrogen-bond acceptors (Lipinski definition) is 5. The monoisotopic (exact) mass is 523 g/mol. The van der Waals surface area contributed by atoms with Crippen LogP contribution in [0, 0.1) is 6.92 Å². The number of benzene rings is 2. The van der Waals surface area contributed by atoms with Gasteiger partial charge >= 0.3 is 0 Å². The Bertz CT molecular complexity index is 1510. The molecule has 2 aliphatic heterocycles. The zero-order valence-electron chi connectivity index (χ0n) is 22.8. The molecule has 0 unspecified atom stereocenters. The van der Waals surface area contributed by atoms with E-state index in [1.807, 2.05) is 30.3 Å². The van der Waals surface area contributed by atoms with Gasteiger partial charge in [-0.2, -0.15) is 0 Å². The fraction of sp³-hybridized carbons (Fsp3) is 0.258. The highest BCUT2D eigenvalue weighted by molar-refractivity contribution is 6.74. The Morgan fingerprint density at radius 2 is 1.82 bits per heavy atom. The summed E-state index contributed by atoms with van der Waals surface area (Å²) in [7, 11) is -2.02. The van der Waals surface area contributed by atoms with Gasteiger partial charge in [0.05, 0.1) is 17.7 Å². The van der Waals surface area contributed by atoms with Crippen LogP contribution in [-0.2, 0) is 11.2 Å². The van der Waals surface area contributed by atoms with Crippen molar-refractivity contribution >= 4 is 37.5 Å². The Morgan fingerprint density at radius 3 is 2.53 bits per heavy atom. The summed E-state index contributed by atoms with van der Waals surface area (Å²) in [5, 5.41) is 0.0797. The van der Waals surface area contributed by atoms with Gasteiger partial charge in [0.25, 0.3) is 5.91 Å². The van der Waals surface area contributed by atoms with Crippen LogP contribution in [0.2, 0.25) is 18.1 Å². The van der Waals surface area contributed by atoms with Crippen LogP contribution in [0.5, 0.6) is 5.75 Å². The molecule has 3 heterocycles. The Kier molecular flexibility index (Phi) is 6.57.